The Labute approximate surface area is 156 Å². The van der Waals surface area contributed by atoms with Crippen molar-refractivity contribution in [1.82, 2.24) is 4.90 Å². The lowest BCUT2D eigenvalue weighted by Crippen LogP contribution is -2.32. The van der Waals surface area contributed by atoms with E-state index in [4.69, 9.17) is 13.9 Å². The number of methoxy groups -OCH3 is 1. The highest BCUT2D eigenvalue weighted by atomic mass is 16.5. The van der Waals surface area contributed by atoms with Gasteiger partial charge in [-0.3, -0.25) is 9.59 Å². The number of carbonyl (C=O) groups is 2. The molecule has 2 heterocycles. The van der Waals surface area contributed by atoms with Gasteiger partial charge in [0.2, 0.25) is 0 Å². The molecule has 0 unspecified atom stereocenters. The highest BCUT2D eigenvalue weighted by molar-refractivity contribution is 6.46. The molecule has 1 aliphatic heterocycles. The maximum Gasteiger partial charge on any atom is 0.295 e. The highest BCUT2D eigenvalue weighted by Gasteiger charge is 2.47. The second-order valence-corrected chi connectivity index (χ2v) is 5.96. The van der Waals surface area contributed by atoms with Crippen molar-refractivity contribution >= 4 is 17.4 Å². The van der Waals surface area contributed by atoms with Gasteiger partial charge in [-0.2, -0.15) is 0 Å². The second kappa shape index (κ2) is 8.09. The second-order valence-electron chi connectivity index (χ2n) is 5.96. The minimum Gasteiger partial charge on any atom is -0.507 e. The van der Waals surface area contributed by atoms with E-state index in [1.807, 2.05) is 6.92 Å². The van der Waals surface area contributed by atoms with E-state index < -0.39 is 17.7 Å². The average molecular weight is 371 g/mol. The number of nitrogens with zero attached hydrogens (tertiary/aromatic N) is 1. The number of carbonyl (C=O) groups excluding carboxylic acids is 2. The summed E-state index contributed by atoms with van der Waals surface area (Å²) in [7, 11) is 1.51. The van der Waals surface area contributed by atoms with Crippen LogP contribution in [0.1, 0.15) is 24.3 Å². The van der Waals surface area contributed by atoms with Gasteiger partial charge in [0.05, 0.1) is 25.1 Å². The zero-order valence-corrected chi connectivity index (χ0v) is 15.2. The van der Waals surface area contributed by atoms with Crippen LogP contribution in [0.4, 0.5) is 0 Å². The summed E-state index contributed by atoms with van der Waals surface area (Å²) in [5.41, 5.74) is 0.377. The van der Waals surface area contributed by atoms with Crippen molar-refractivity contribution < 1.29 is 28.6 Å². The topological polar surface area (TPSA) is 89.2 Å². The van der Waals surface area contributed by atoms with Gasteiger partial charge in [0, 0.05) is 19.2 Å². The fraction of sp³-hybridized carbons (Fsp3) is 0.300. The van der Waals surface area contributed by atoms with Crippen molar-refractivity contribution in [2.24, 2.45) is 0 Å². The van der Waals surface area contributed by atoms with E-state index >= 15 is 0 Å². The Morgan fingerprint density at radius 3 is 2.74 bits per heavy atom. The average Bonchev–Trinajstić information content (AvgIpc) is 3.28. The number of aliphatic hydroxyl groups is 1. The third kappa shape index (κ3) is 3.59. The third-order valence-electron chi connectivity index (χ3n) is 4.31. The fourth-order valence-corrected chi connectivity index (χ4v) is 3.10. The van der Waals surface area contributed by atoms with Crippen LogP contribution in [-0.2, 0) is 14.3 Å². The standard InChI is InChI=1S/C20H21NO6/c1-3-26-14-7-4-6-13(12-14)18(22)16-17(15-8-5-10-27-15)21(9-11-25-2)20(24)19(16)23/h4-8,10,12,17,22H,3,9,11H2,1-2H3/b18-16+/t17-/m1/s1. The van der Waals surface area contributed by atoms with Crippen LogP contribution in [0.25, 0.3) is 5.76 Å². The summed E-state index contributed by atoms with van der Waals surface area (Å²) in [6.07, 6.45) is 1.46. The molecule has 0 saturated carbocycles. The van der Waals surface area contributed by atoms with E-state index in [-0.39, 0.29) is 24.5 Å². The van der Waals surface area contributed by atoms with Crippen LogP contribution in [0.5, 0.6) is 5.75 Å². The number of ether oxygens (including phenoxy) is 2. The van der Waals surface area contributed by atoms with Crippen LogP contribution in [0.15, 0.2) is 52.7 Å². The van der Waals surface area contributed by atoms with Gasteiger partial charge in [-0.15, -0.1) is 0 Å². The molecule has 1 N–H and O–H groups in total. The van der Waals surface area contributed by atoms with Crippen molar-refractivity contribution in [1.29, 1.82) is 0 Å². The van der Waals surface area contributed by atoms with Crippen molar-refractivity contribution in [2.45, 2.75) is 13.0 Å². The Morgan fingerprint density at radius 2 is 2.07 bits per heavy atom. The molecule has 27 heavy (non-hydrogen) atoms. The summed E-state index contributed by atoms with van der Waals surface area (Å²) in [5.74, 6) is -0.767. The molecule has 7 heteroatoms. The summed E-state index contributed by atoms with van der Waals surface area (Å²) in [4.78, 5) is 26.6. The Hall–Kier alpha value is -3.06. The van der Waals surface area contributed by atoms with Crippen LogP contribution < -0.4 is 4.74 Å². The lowest BCUT2D eigenvalue weighted by molar-refractivity contribution is -0.140. The number of rotatable bonds is 7. The summed E-state index contributed by atoms with van der Waals surface area (Å²) < 4.78 is 15.9. The molecule has 0 aliphatic carbocycles. The highest BCUT2D eigenvalue weighted by Crippen LogP contribution is 2.39. The van der Waals surface area contributed by atoms with Gasteiger partial charge in [-0.05, 0) is 31.2 Å². The van der Waals surface area contributed by atoms with Gasteiger partial charge in [0.15, 0.2) is 0 Å². The summed E-state index contributed by atoms with van der Waals surface area (Å²) in [6.45, 7) is 2.77. The summed E-state index contributed by atoms with van der Waals surface area (Å²) in [6, 6.07) is 9.26. The van der Waals surface area contributed by atoms with E-state index in [1.165, 1.54) is 18.3 Å². The Morgan fingerprint density at radius 1 is 1.26 bits per heavy atom. The molecule has 142 valence electrons. The summed E-state index contributed by atoms with van der Waals surface area (Å²) in [5, 5.41) is 10.9. The lowest BCUT2D eigenvalue weighted by atomic mass is 9.99. The van der Waals surface area contributed by atoms with Crippen LogP contribution in [0.2, 0.25) is 0 Å². The molecule has 1 aromatic heterocycles. The zero-order valence-electron chi connectivity index (χ0n) is 15.2. The fourth-order valence-electron chi connectivity index (χ4n) is 3.10. The molecule has 0 bridgehead atoms. The predicted molar refractivity (Wildman–Crippen MR) is 97.2 cm³/mol. The van der Waals surface area contributed by atoms with Crippen LogP contribution in [0.3, 0.4) is 0 Å². The van der Waals surface area contributed by atoms with Gasteiger partial charge in [0.25, 0.3) is 11.7 Å². The monoisotopic (exact) mass is 371 g/mol. The quantitative estimate of drug-likeness (QED) is 0.457. The number of likely N-dealkylation sites (tertiary alicyclic amines) is 1. The number of benzene rings is 1. The lowest BCUT2D eigenvalue weighted by Gasteiger charge is -2.22. The Balaban J connectivity index is 2.10. The number of Topliss-reactive ketones (excluding diaryl/α,β-unsaturated/α-hetero) is 1. The Bertz CT molecular complexity index is 855. The van der Waals surface area contributed by atoms with E-state index in [0.29, 0.717) is 23.7 Å². The van der Waals surface area contributed by atoms with Crippen molar-refractivity contribution in [3.05, 3.63) is 59.6 Å². The maximum atomic E-state index is 12.7. The number of hydrogen-bond acceptors (Lipinski definition) is 6. The molecule has 1 amide bonds. The first-order chi connectivity index (χ1) is 13.1. The molecule has 1 aliphatic rings. The first-order valence-corrected chi connectivity index (χ1v) is 8.62. The SMILES string of the molecule is CCOc1cccc(/C(O)=C2\C(=O)C(=O)N(CCOC)[C@@H]2c2ccco2)c1. The van der Waals surface area contributed by atoms with Crippen molar-refractivity contribution in [3.8, 4) is 5.75 Å². The first-order valence-electron chi connectivity index (χ1n) is 8.62. The van der Waals surface area contributed by atoms with Crippen molar-refractivity contribution in [3.63, 3.8) is 0 Å². The molecule has 1 saturated heterocycles. The smallest absolute Gasteiger partial charge is 0.295 e. The molecule has 2 aromatic rings. The minimum atomic E-state index is -0.814. The molecular weight excluding hydrogens is 350 g/mol. The van der Waals surface area contributed by atoms with Gasteiger partial charge >= 0.3 is 0 Å². The van der Waals surface area contributed by atoms with Crippen molar-refractivity contribution in [2.75, 3.05) is 26.9 Å². The van der Waals surface area contributed by atoms with Gasteiger partial charge in [0.1, 0.15) is 23.3 Å². The number of ketones is 1. The van der Waals surface area contributed by atoms with E-state index in [9.17, 15) is 14.7 Å². The van der Waals surface area contributed by atoms with Crippen LogP contribution in [-0.4, -0.2) is 48.6 Å². The van der Waals surface area contributed by atoms with Gasteiger partial charge in [-0.25, -0.2) is 0 Å². The largest absolute Gasteiger partial charge is 0.507 e. The molecule has 0 spiro atoms. The van der Waals surface area contributed by atoms with Crippen LogP contribution in [0, 0.1) is 0 Å². The normalized spacial score (nSPS) is 18.9. The van der Waals surface area contributed by atoms with Crippen LogP contribution >= 0.6 is 0 Å². The zero-order chi connectivity index (χ0) is 19.4. The van der Waals surface area contributed by atoms with E-state index in [0.717, 1.165) is 0 Å². The van der Waals surface area contributed by atoms with Gasteiger partial charge in [-0.1, -0.05) is 12.1 Å². The molecule has 7 nitrogen and oxygen atoms in total. The molecule has 0 radical (unpaired) electrons. The van der Waals surface area contributed by atoms with E-state index in [2.05, 4.69) is 0 Å². The predicted octanol–water partition coefficient (Wildman–Crippen LogP) is 2.75. The number of aliphatic hydroxyl groups excluding tert-OH is 1. The molecule has 3 rings (SSSR count). The third-order valence-corrected chi connectivity index (χ3v) is 4.31. The maximum absolute atomic E-state index is 12.7. The molecular formula is C20H21NO6. The molecule has 1 aromatic carbocycles. The minimum absolute atomic E-state index is 0.0142. The first kappa shape index (κ1) is 18.7. The van der Waals surface area contributed by atoms with E-state index in [1.54, 1.807) is 36.4 Å². The number of hydrogen-bond donors (Lipinski definition) is 1. The van der Waals surface area contributed by atoms with Gasteiger partial charge < -0.3 is 23.9 Å². The molecule has 1 atom stereocenters. The Kier molecular flexibility index (Phi) is 5.61. The number of amides is 1. The molecule has 1 fully saturated rings. The summed E-state index contributed by atoms with van der Waals surface area (Å²) >= 11 is 0. The number of furan rings is 1.